The second-order valence-corrected chi connectivity index (χ2v) is 5.49. The summed E-state index contributed by atoms with van der Waals surface area (Å²) in [5.74, 6) is 1.71. The first-order valence-electron chi connectivity index (χ1n) is 7.38. The zero-order valence-corrected chi connectivity index (χ0v) is 14.5. The largest absolute Gasteiger partial charge is 0.497 e. The molecule has 0 aliphatic heterocycles. The lowest BCUT2D eigenvalue weighted by atomic mass is 10.1. The van der Waals surface area contributed by atoms with Gasteiger partial charge in [0.05, 0.1) is 14.2 Å². The molecule has 0 aromatic heterocycles. The van der Waals surface area contributed by atoms with E-state index >= 15 is 0 Å². The van der Waals surface area contributed by atoms with Gasteiger partial charge in [0.25, 0.3) is 0 Å². The maximum Gasteiger partial charge on any atom is 0.169 e. The number of benzene rings is 2. The first kappa shape index (κ1) is 17.1. The number of nitrogens with one attached hydrogen (secondary N) is 1. The Morgan fingerprint density at radius 3 is 1.57 bits per heavy atom. The van der Waals surface area contributed by atoms with Gasteiger partial charge < -0.3 is 19.7 Å². The van der Waals surface area contributed by atoms with Crippen molar-refractivity contribution in [2.75, 3.05) is 21.3 Å². The van der Waals surface area contributed by atoms with E-state index in [0.717, 1.165) is 29.7 Å². The number of ether oxygens (including phenoxy) is 2. The smallest absolute Gasteiger partial charge is 0.169 e. The lowest BCUT2D eigenvalue weighted by Crippen LogP contribution is -2.36. The first-order chi connectivity index (χ1) is 11.2. The van der Waals surface area contributed by atoms with Gasteiger partial charge in [-0.25, -0.2) is 0 Å². The van der Waals surface area contributed by atoms with Crippen LogP contribution in [0.2, 0.25) is 0 Å². The number of hydrogen-bond acceptors (Lipinski definition) is 3. The number of hydrogen-bond donors (Lipinski definition) is 1. The van der Waals surface area contributed by atoms with Gasteiger partial charge in [-0.3, -0.25) is 0 Å². The molecule has 0 unspecified atom stereocenters. The molecule has 0 spiro atoms. The van der Waals surface area contributed by atoms with E-state index in [1.165, 1.54) is 11.1 Å². The molecule has 0 amide bonds. The Labute approximate surface area is 143 Å². The van der Waals surface area contributed by atoms with Crippen molar-refractivity contribution in [2.24, 2.45) is 0 Å². The van der Waals surface area contributed by atoms with E-state index < -0.39 is 0 Å². The molecule has 0 aliphatic rings. The molecule has 5 heteroatoms. The molecule has 0 atom stereocenters. The molecule has 122 valence electrons. The van der Waals surface area contributed by atoms with Gasteiger partial charge in [-0.05, 0) is 47.6 Å². The van der Waals surface area contributed by atoms with Crippen molar-refractivity contribution in [1.82, 2.24) is 10.2 Å². The van der Waals surface area contributed by atoms with Crippen LogP contribution in [0.25, 0.3) is 0 Å². The summed E-state index contributed by atoms with van der Waals surface area (Å²) < 4.78 is 10.4. The highest BCUT2D eigenvalue weighted by Crippen LogP contribution is 2.17. The lowest BCUT2D eigenvalue weighted by molar-refractivity contribution is 0.398. The highest BCUT2D eigenvalue weighted by molar-refractivity contribution is 7.80. The van der Waals surface area contributed by atoms with Crippen LogP contribution in [0.1, 0.15) is 11.1 Å². The summed E-state index contributed by atoms with van der Waals surface area (Å²) >= 11 is 5.44. The molecule has 0 saturated carbocycles. The Bertz CT molecular complexity index is 577. The standard InChI is InChI=1S/C18H22N2O2S/c1-19-18(23)20(12-14-4-8-16(21-2)9-5-14)13-15-6-10-17(22-3)11-7-15/h4-11H,12-13H2,1-3H3,(H,19,23). The molecule has 0 heterocycles. The first-order valence-corrected chi connectivity index (χ1v) is 7.79. The van der Waals surface area contributed by atoms with Crippen LogP contribution in [0.4, 0.5) is 0 Å². The highest BCUT2D eigenvalue weighted by atomic mass is 32.1. The van der Waals surface area contributed by atoms with Crippen molar-refractivity contribution in [3.8, 4) is 11.5 Å². The SMILES string of the molecule is CNC(=S)N(Cc1ccc(OC)cc1)Cc1ccc(OC)cc1. The van der Waals surface area contributed by atoms with E-state index in [1.54, 1.807) is 14.2 Å². The van der Waals surface area contributed by atoms with Crippen molar-refractivity contribution in [1.29, 1.82) is 0 Å². The molecule has 2 aromatic carbocycles. The molecule has 0 fully saturated rings. The van der Waals surface area contributed by atoms with Crippen molar-refractivity contribution < 1.29 is 9.47 Å². The van der Waals surface area contributed by atoms with Gasteiger partial charge in [0.1, 0.15) is 11.5 Å². The Morgan fingerprint density at radius 2 is 1.26 bits per heavy atom. The topological polar surface area (TPSA) is 33.7 Å². The van der Waals surface area contributed by atoms with Gasteiger partial charge in [-0.2, -0.15) is 0 Å². The fourth-order valence-electron chi connectivity index (χ4n) is 2.26. The Morgan fingerprint density at radius 1 is 0.870 bits per heavy atom. The second-order valence-electron chi connectivity index (χ2n) is 5.11. The molecule has 0 bridgehead atoms. The van der Waals surface area contributed by atoms with Crippen LogP contribution in [-0.4, -0.2) is 31.3 Å². The van der Waals surface area contributed by atoms with Gasteiger partial charge >= 0.3 is 0 Å². The zero-order valence-electron chi connectivity index (χ0n) is 13.7. The molecular weight excluding hydrogens is 308 g/mol. The molecule has 0 saturated heterocycles. The number of nitrogens with zero attached hydrogens (tertiary/aromatic N) is 1. The zero-order chi connectivity index (χ0) is 16.7. The van der Waals surface area contributed by atoms with Crippen LogP contribution in [0, 0.1) is 0 Å². The van der Waals surface area contributed by atoms with Crippen molar-refractivity contribution in [3.05, 3.63) is 59.7 Å². The molecule has 1 N–H and O–H groups in total. The maximum atomic E-state index is 5.44. The Hall–Kier alpha value is -2.27. The van der Waals surface area contributed by atoms with Crippen molar-refractivity contribution >= 4 is 17.3 Å². The van der Waals surface area contributed by atoms with E-state index in [1.807, 2.05) is 31.3 Å². The lowest BCUT2D eigenvalue weighted by Gasteiger charge is -2.25. The highest BCUT2D eigenvalue weighted by Gasteiger charge is 2.10. The Kier molecular flexibility index (Phi) is 6.23. The minimum Gasteiger partial charge on any atom is -0.497 e. The normalized spacial score (nSPS) is 10.0. The molecule has 23 heavy (non-hydrogen) atoms. The van der Waals surface area contributed by atoms with Crippen molar-refractivity contribution in [3.63, 3.8) is 0 Å². The van der Waals surface area contributed by atoms with E-state index in [0.29, 0.717) is 0 Å². The van der Waals surface area contributed by atoms with E-state index in [4.69, 9.17) is 21.7 Å². The monoisotopic (exact) mass is 330 g/mol. The predicted molar refractivity (Wildman–Crippen MR) is 96.9 cm³/mol. The summed E-state index contributed by atoms with van der Waals surface area (Å²) in [5, 5.41) is 3.78. The molecule has 2 rings (SSSR count). The second kappa shape index (κ2) is 8.39. The number of methoxy groups -OCH3 is 2. The van der Waals surface area contributed by atoms with Crippen LogP contribution in [0.3, 0.4) is 0 Å². The molecule has 4 nitrogen and oxygen atoms in total. The summed E-state index contributed by atoms with van der Waals surface area (Å²) in [6, 6.07) is 16.1. The third-order valence-corrected chi connectivity index (χ3v) is 4.03. The van der Waals surface area contributed by atoms with Crippen LogP contribution in [0.5, 0.6) is 11.5 Å². The summed E-state index contributed by atoms with van der Waals surface area (Å²) in [6.07, 6.45) is 0. The van der Waals surface area contributed by atoms with Gasteiger partial charge in [0, 0.05) is 20.1 Å². The quantitative estimate of drug-likeness (QED) is 0.823. The molecule has 0 aliphatic carbocycles. The third-order valence-electron chi connectivity index (χ3n) is 3.57. The minimum atomic E-state index is 0.719. The predicted octanol–water partition coefficient (Wildman–Crippen LogP) is 3.21. The third kappa shape index (κ3) is 4.86. The fourth-order valence-corrected chi connectivity index (χ4v) is 2.39. The van der Waals surface area contributed by atoms with Crippen LogP contribution < -0.4 is 14.8 Å². The number of thiocarbonyl (C=S) groups is 1. The van der Waals surface area contributed by atoms with Gasteiger partial charge in [0.2, 0.25) is 0 Å². The summed E-state index contributed by atoms with van der Waals surface area (Å²) in [7, 11) is 5.18. The van der Waals surface area contributed by atoms with E-state index in [9.17, 15) is 0 Å². The maximum absolute atomic E-state index is 5.44. The van der Waals surface area contributed by atoms with Gasteiger partial charge in [-0.1, -0.05) is 24.3 Å². The van der Waals surface area contributed by atoms with Crippen molar-refractivity contribution in [2.45, 2.75) is 13.1 Å². The van der Waals surface area contributed by atoms with Gasteiger partial charge in [-0.15, -0.1) is 0 Å². The summed E-state index contributed by atoms with van der Waals surface area (Å²) in [6.45, 7) is 1.46. The Balaban J connectivity index is 2.10. The van der Waals surface area contributed by atoms with Crippen LogP contribution >= 0.6 is 12.2 Å². The average molecular weight is 330 g/mol. The fraction of sp³-hybridized carbons (Fsp3) is 0.278. The molecular formula is C18H22N2O2S. The van der Waals surface area contributed by atoms with Crippen LogP contribution in [0.15, 0.2) is 48.5 Å². The summed E-state index contributed by atoms with van der Waals surface area (Å²) in [4.78, 5) is 2.12. The minimum absolute atomic E-state index is 0.719. The average Bonchev–Trinajstić information content (AvgIpc) is 2.61. The summed E-state index contributed by atoms with van der Waals surface area (Å²) in [5.41, 5.74) is 2.36. The van der Waals surface area contributed by atoms with Crippen LogP contribution in [-0.2, 0) is 13.1 Å². The van der Waals surface area contributed by atoms with E-state index in [-0.39, 0.29) is 0 Å². The molecule has 2 aromatic rings. The van der Waals surface area contributed by atoms with Gasteiger partial charge in [0.15, 0.2) is 5.11 Å². The van der Waals surface area contributed by atoms with E-state index in [2.05, 4.69) is 34.5 Å². The number of rotatable bonds is 6. The molecule has 0 radical (unpaired) electrons.